The summed E-state index contributed by atoms with van der Waals surface area (Å²) in [7, 11) is -3.87. The fraction of sp³-hybridized carbons (Fsp3) is 0.545. The fourth-order valence-electron chi connectivity index (χ4n) is 2.19. The topological polar surface area (TPSA) is 99.8 Å². The van der Waals surface area contributed by atoms with Crippen LogP contribution in [0, 0.1) is 0 Å². The van der Waals surface area contributed by atoms with E-state index in [2.05, 4.69) is 9.88 Å². The molecule has 0 saturated carbocycles. The quantitative estimate of drug-likeness (QED) is 0.775. The number of sulfonamides is 1. The summed E-state index contributed by atoms with van der Waals surface area (Å²) >= 11 is 5.79. The molecule has 9 heteroatoms. The van der Waals surface area contributed by atoms with Gasteiger partial charge in [0.2, 0.25) is 10.0 Å². The Morgan fingerprint density at radius 1 is 1.35 bits per heavy atom. The van der Waals surface area contributed by atoms with Crippen molar-refractivity contribution in [1.29, 1.82) is 0 Å². The molecule has 0 radical (unpaired) electrons. The van der Waals surface area contributed by atoms with E-state index in [0.29, 0.717) is 25.5 Å². The number of primary sulfonamides is 1. The molecule has 1 aliphatic heterocycles. The van der Waals surface area contributed by atoms with E-state index < -0.39 is 10.0 Å². The summed E-state index contributed by atoms with van der Waals surface area (Å²) in [5.74, 6) is 0.334. The molecule has 0 atom stereocenters. The second-order valence-electron chi connectivity index (χ2n) is 4.57. The zero-order valence-electron chi connectivity index (χ0n) is 10.9. The first-order chi connectivity index (χ1) is 9.41. The molecule has 0 spiro atoms. The summed E-state index contributed by atoms with van der Waals surface area (Å²) in [5.41, 5.74) is 0. The highest BCUT2D eigenvalue weighted by molar-refractivity contribution is 7.89. The third-order valence-electron chi connectivity index (χ3n) is 3.19. The summed E-state index contributed by atoms with van der Waals surface area (Å²) < 4.78 is 23.2. The minimum absolute atomic E-state index is 0.0550. The van der Waals surface area contributed by atoms with Crippen LogP contribution in [0.3, 0.4) is 0 Å². The molecule has 0 bridgehead atoms. The molecule has 1 aromatic heterocycles. The number of β-amino-alcohol motifs (C(OH)–C–C–N with tert-alkyl or cyclic N) is 1. The Morgan fingerprint density at radius 2 is 2.00 bits per heavy atom. The number of aromatic nitrogens is 1. The SMILES string of the molecule is NS(=O)(=O)c1cc(Cl)cnc1N1CCN(CCO)CC1. The van der Waals surface area contributed by atoms with Crippen LogP contribution >= 0.6 is 11.6 Å². The lowest BCUT2D eigenvalue weighted by Crippen LogP contribution is -2.47. The standard InChI is InChI=1S/C11H17ClN4O3S/c12-9-7-10(20(13,18)19)11(14-8-9)16-3-1-15(2-4-16)5-6-17/h7-8,17H,1-6H2,(H2,13,18,19). The molecule has 1 fully saturated rings. The number of nitrogens with two attached hydrogens (primary N) is 1. The van der Waals surface area contributed by atoms with Crippen LogP contribution in [-0.4, -0.2) is 62.7 Å². The monoisotopic (exact) mass is 320 g/mol. The number of pyridine rings is 1. The smallest absolute Gasteiger partial charge is 0.241 e. The van der Waals surface area contributed by atoms with Gasteiger partial charge in [0.1, 0.15) is 10.7 Å². The summed E-state index contributed by atoms with van der Waals surface area (Å²) in [6.07, 6.45) is 1.41. The van der Waals surface area contributed by atoms with E-state index in [4.69, 9.17) is 21.8 Å². The van der Waals surface area contributed by atoms with Gasteiger partial charge in [0.15, 0.2) is 0 Å². The zero-order chi connectivity index (χ0) is 14.8. The molecule has 1 saturated heterocycles. The number of aliphatic hydroxyl groups is 1. The number of halogens is 1. The Labute approximate surface area is 123 Å². The summed E-state index contributed by atoms with van der Waals surface area (Å²) in [5, 5.41) is 14.3. The van der Waals surface area contributed by atoms with Gasteiger partial charge < -0.3 is 10.0 Å². The molecule has 0 aromatic carbocycles. The van der Waals surface area contributed by atoms with Crippen molar-refractivity contribution in [1.82, 2.24) is 9.88 Å². The van der Waals surface area contributed by atoms with Crippen molar-refractivity contribution in [2.24, 2.45) is 5.14 Å². The Morgan fingerprint density at radius 3 is 2.55 bits per heavy atom. The van der Waals surface area contributed by atoms with Gasteiger partial charge >= 0.3 is 0 Å². The van der Waals surface area contributed by atoms with Crippen LogP contribution in [-0.2, 0) is 10.0 Å². The highest BCUT2D eigenvalue weighted by Crippen LogP contribution is 2.25. The molecule has 2 heterocycles. The van der Waals surface area contributed by atoms with Crippen molar-refractivity contribution in [3.8, 4) is 0 Å². The van der Waals surface area contributed by atoms with Gasteiger partial charge in [0.05, 0.1) is 11.6 Å². The molecule has 0 unspecified atom stereocenters. The van der Waals surface area contributed by atoms with Crippen LogP contribution < -0.4 is 10.0 Å². The Kier molecular flexibility index (Phi) is 4.82. The minimum atomic E-state index is -3.87. The van der Waals surface area contributed by atoms with Gasteiger partial charge in [-0.3, -0.25) is 4.90 Å². The molecule has 2 rings (SSSR count). The van der Waals surface area contributed by atoms with Crippen LogP contribution in [0.5, 0.6) is 0 Å². The summed E-state index contributed by atoms with van der Waals surface area (Å²) in [6.45, 7) is 3.43. The maximum Gasteiger partial charge on any atom is 0.241 e. The molecule has 112 valence electrons. The maximum atomic E-state index is 11.6. The largest absolute Gasteiger partial charge is 0.395 e. The third kappa shape index (κ3) is 3.58. The van der Waals surface area contributed by atoms with E-state index >= 15 is 0 Å². The van der Waals surface area contributed by atoms with Crippen LogP contribution in [0.1, 0.15) is 0 Å². The molecule has 20 heavy (non-hydrogen) atoms. The number of anilines is 1. The highest BCUT2D eigenvalue weighted by Gasteiger charge is 2.24. The Hall–Kier alpha value is -0.930. The molecule has 0 amide bonds. The second kappa shape index (κ2) is 6.23. The lowest BCUT2D eigenvalue weighted by molar-refractivity contribution is 0.188. The number of nitrogens with zero attached hydrogens (tertiary/aromatic N) is 3. The molecule has 1 aromatic rings. The van der Waals surface area contributed by atoms with E-state index in [0.717, 1.165) is 13.1 Å². The molecular weight excluding hydrogens is 304 g/mol. The minimum Gasteiger partial charge on any atom is -0.395 e. The van der Waals surface area contributed by atoms with Crippen LogP contribution in [0.15, 0.2) is 17.2 Å². The summed E-state index contributed by atoms with van der Waals surface area (Å²) in [6, 6.07) is 1.32. The summed E-state index contributed by atoms with van der Waals surface area (Å²) in [4.78, 5) is 8.02. The van der Waals surface area contributed by atoms with Crippen LogP contribution in [0.4, 0.5) is 5.82 Å². The highest BCUT2D eigenvalue weighted by atomic mass is 35.5. The predicted molar refractivity (Wildman–Crippen MR) is 76.4 cm³/mol. The lowest BCUT2D eigenvalue weighted by atomic mass is 10.3. The van der Waals surface area contributed by atoms with E-state index in [1.807, 2.05) is 4.90 Å². The van der Waals surface area contributed by atoms with Gasteiger partial charge in [-0.05, 0) is 6.07 Å². The van der Waals surface area contributed by atoms with Crippen molar-refractivity contribution >= 4 is 27.4 Å². The lowest BCUT2D eigenvalue weighted by Gasteiger charge is -2.35. The van der Waals surface area contributed by atoms with Gasteiger partial charge in [0, 0.05) is 38.9 Å². The van der Waals surface area contributed by atoms with Gasteiger partial charge in [-0.15, -0.1) is 0 Å². The second-order valence-corrected chi connectivity index (χ2v) is 6.54. The van der Waals surface area contributed by atoms with Crippen molar-refractivity contribution in [3.05, 3.63) is 17.3 Å². The number of piperazine rings is 1. The van der Waals surface area contributed by atoms with Gasteiger partial charge in [-0.25, -0.2) is 18.5 Å². The van der Waals surface area contributed by atoms with Gasteiger partial charge in [0.25, 0.3) is 0 Å². The van der Waals surface area contributed by atoms with E-state index in [1.165, 1.54) is 12.3 Å². The molecular formula is C11H17ClN4O3S. The first-order valence-corrected chi connectivity index (χ1v) is 8.11. The third-order valence-corrected chi connectivity index (χ3v) is 4.31. The van der Waals surface area contributed by atoms with Crippen molar-refractivity contribution in [2.75, 3.05) is 44.2 Å². The Balaban J connectivity index is 2.22. The van der Waals surface area contributed by atoms with Crippen molar-refractivity contribution in [2.45, 2.75) is 4.90 Å². The van der Waals surface area contributed by atoms with Crippen molar-refractivity contribution in [3.63, 3.8) is 0 Å². The van der Waals surface area contributed by atoms with Crippen LogP contribution in [0.2, 0.25) is 5.02 Å². The fourth-order valence-corrected chi connectivity index (χ4v) is 3.14. The molecule has 1 aliphatic rings. The van der Waals surface area contributed by atoms with Gasteiger partial charge in [-0.2, -0.15) is 0 Å². The average Bonchev–Trinajstić information content (AvgIpc) is 2.39. The van der Waals surface area contributed by atoms with Crippen molar-refractivity contribution < 1.29 is 13.5 Å². The normalized spacial score (nSPS) is 17.4. The van der Waals surface area contributed by atoms with E-state index in [9.17, 15) is 8.42 Å². The Bertz CT molecular complexity index is 573. The predicted octanol–water partition coefficient (Wildman–Crippen LogP) is -0.503. The molecule has 0 aliphatic carbocycles. The van der Waals surface area contributed by atoms with Crippen LogP contribution in [0.25, 0.3) is 0 Å². The van der Waals surface area contributed by atoms with E-state index in [-0.39, 0.29) is 16.5 Å². The first kappa shape index (κ1) is 15.5. The molecule has 7 nitrogen and oxygen atoms in total. The number of hydrogen-bond donors (Lipinski definition) is 2. The number of rotatable bonds is 4. The maximum absolute atomic E-state index is 11.6. The number of hydrogen-bond acceptors (Lipinski definition) is 6. The van der Waals surface area contributed by atoms with Gasteiger partial charge in [-0.1, -0.05) is 11.6 Å². The first-order valence-electron chi connectivity index (χ1n) is 6.18. The zero-order valence-corrected chi connectivity index (χ0v) is 12.4. The molecule has 3 N–H and O–H groups in total. The average molecular weight is 321 g/mol. The number of aliphatic hydroxyl groups excluding tert-OH is 1. The van der Waals surface area contributed by atoms with E-state index in [1.54, 1.807) is 0 Å².